The Balaban J connectivity index is 1.79. The highest BCUT2D eigenvalue weighted by molar-refractivity contribution is 5.98. The van der Waals surface area contributed by atoms with Crippen molar-refractivity contribution in [1.82, 2.24) is 10.3 Å². The molecule has 0 spiro atoms. The fraction of sp³-hybridized carbons (Fsp3) is 0.500. The van der Waals surface area contributed by atoms with Crippen molar-refractivity contribution in [3.05, 3.63) is 48.0 Å². The van der Waals surface area contributed by atoms with Crippen molar-refractivity contribution in [3.63, 3.8) is 0 Å². The summed E-state index contributed by atoms with van der Waals surface area (Å²) in [5.74, 6) is -1.93. The summed E-state index contributed by atoms with van der Waals surface area (Å²) in [6, 6.07) is 5.71. The van der Waals surface area contributed by atoms with E-state index in [1.165, 1.54) is 50.6 Å². The van der Waals surface area contributed by atoms with Crippen LogP contribution < -0.4 is 19.5 Å². The Morgan fingerprint density at radius 2 is 1.90 bits per heavy atom. The highest BCUT2D eigenvalue weighted by Gasteiger charge is 2.37. The van der Waals surface area contributed by atoms with E-state index in [9.17, 15) is 18.8 Å². The normalized spacial score (nSPS) is 21.1. The van der Waals surface area contributed by atoms with Gasteiger partial charge in [0, 0.05) is 25.8 Å². The van der Waals surface area contributed by atoms with Crippen molar-refractivity contribution in [2.45, 2.75) is 52.0 Å². The molecule has 1 aliphatic heterocycles. The minimum atomic E-state index is -1.23. The molecule has 4 atom stereocenters. The van der Waals surface area contributed by atoms with Crippen molar-refractivity contribution in [3.8, 4) is 17.2 Å². The number of cyclic esters (lactones) is 1. The maximum atomic E-state index is 13.4. The number of carbonyl (C=O) groups is 3. The number of nitrogens with zero attached hydrogens (tertiary/aromatic N) is 1. The second-order valence-corrected chi connectivity index (χ2v) is 9.60. The Hall–Kier alpha value is -3.97. The average Bonchev–Trinajstić information content (AvgIpc) is 2.97. The molecule has 12 nitrogen and oxygen atoms in total. The van der Waals surface area contributed by atoms with E-state index in [1.54, 1.807) is 6.92 Å². The molecule has 2 aromatic rings. The Bertz CT molecular complexity index is 1180. The van der Waals surface area contributed by atoms with Crippen LogP contribution in [0.3, 0.4) is 0 Å². The molecule has 0 bridgehead atoms. The molecule has 3 rings (SSSR count). The molecule has 0 unspecified atom stereocenters. The highest BCUT2D eigenvalue weighted by atomic mass is 19.1. The van der Waals surface area contributed by atoms with Crippen LogP contribution in [-0.4, -0.2) is 80.9 Å². The lowest BCUT2D eigenvalue weighted by Crippen LogP contribution is -2.47. The van der Waals surface area contributed by atoms with Gasteiger partial charge in [-0.2, -0.15) is 0 Å². The van der Waals surface area contributed by atoms with Gasteiger partial charge in [0.1, 0.15) is 23.8 Å². The van der Waals surface area contributed by atoms with Crippen LogP contribution in [0.5, 0.6) is 17.2 Å². The van der Waals surface area contributed by atoms with Crippen molar-refractivity contribution >= 4 is 17.8 Å². The predicted molar refractivity (Wildman–Crippen MR) is 141 cm³/mol. The average molecular weight is 579 g/mol. The van der Waals surface area contributed by atoms with Gasteiger partial charge in [-0.15, -0.1) is 0 Å². The van der Waals surface area contributed by atoms with Crippen molar-refractivity contribution < 1.29 is 51.9 Å². The van der Waals surface area contributed by atoms with Gasteiger partial charge in [0.2, 0.25) is 6.79 Å². The van der Waals surface area contributed by atoms with E-state index < -0.39 is 54.8 Å². The second-order valence-electron chi connectivity index (χ2n) is 9.60. The van der Waals surface area contributed by atoms with Gasteiger partial charge in [-0.1, -0.05) is 13.8 Å². The summed E-state index contributed by atoms with van der Waals surface area (Å²) in [6.45, 7) is 6.38. The van der Waals surface area contributed by atoms with Gasteiger partial charge in [-0.25, -0.2) is 14.2 Å². The van der Waals surface area contributed by atoms with E-state index in [0.717, 1.165) is 0 Å². The van der Waals surface area contributed by atoms with E-state index in [4.69, 9.17) is 33.2 Å². The highest BCUT2D eigenvalue weighted by Crippen LogP contribution is 2.30. The molecule has 0 radical (unpaired) electrons. The first-order valence-electron chi connectivity index (χ1n) is 13.0. The first-order valence-corrected chi connectivity index (χ1v) is 13.0. The summed E-state index contributed by atoms with van der Waals surface area (Å²) in [5.41, 5.74) is -0.215. The molecule has 1 aromatic heterocycles. The molecule has 1 fully saturated rings. The van der Waals surface area contributed by atoms with Gasteiger partial charge >= 0.3 is 11.9 Å². The van der Waals surface area contributed by atoms with Crippen LogP contribution in [0.4, 0.5) is 4.39 Å². The van der Waals surface area contributed by atoms with Crippen LogP contribution in [0.2, 0.25) is 0 Å². The maximum Gasteiger partial charge on any atom is 0.331 e. The SMILES string of the molecule is COc1ccnc(C(=O)N[C@H]2COC[C@H](Oc3ccc(F)cc3)[C@@H](OCC(C)C)[C@H](C)OC2=O)c1OCOC(C)=O. The molecular formula is C28H35FN2O10. The third kappa shape index (κ3) is 9.29. The summed E-state index contributed by atoms with van der Waals surface area (Å²) in [6.07, 6.45) is -0.939. The molecule has 13 heteroatoms. The smallest absolute Gasteiger partial charge is 0.331 e. The van der Waals surface area contributed by atoms with Gasteiger partial charge in [-0.05, 0) is 37.1 Å². The molecule has 2 heterocycles. The van der Waals surface area contributed by atoms with Crippen molar-refractivity contribution in [1.29, 1.82) is 0 Å². The molecule has 1 amide bonds. The monoisotopic (exact) mass is 578 g/mol. The summed E-state index contributed by atoms with van der Waals surface area (Å²) >= 11 is 0. The minimum Gasteiger partial charge on any atom is -0.493 e. The number of benzene rings is 1. The fourth-order valence-corrected chi connectivity index (χ4v) is 3.83. The van der Waals surface area contributed by atoms with Crippen LogP contribution >= 0.6 is 0 Å². The first-order chi connectivity index (χ1) is 19.6. The standard InChI is InChI=1S/C28H35FN2O10/c1-16(2)12-37-25-17(3)40-28(34)21(13-36-14-23(25)41-20-8-6-19(29)7-9-20)31-27(33)24-26(39-15-38-18(4)32)22(35-5)10-11-30-24/h6-11,16-17,21,23,25H,12-15H2,1-5H3,(H,31,33)/t17-,21-,23-,25-/m0/s1. The molecule has 1 N–H and O–H groups in total. The predicted octanol–water partition coefficient (Wildman–Crippen LogP) is 2.68. The largest absolute Gasteiger partial charge is 0.493 e. The van der Waals surface area contributed by atoms with Crippen LogP contribution in [-0.2, 0) is 28.5 Å². The van der Waals surface area contributed by atoms with Crippen molar-refractivity contribution in [2.75, 3.05) is 33.7 Å². The Labute approximate surface area is 237 Å². The molecular weight excluding hydrogens is 543 g/mol. The van der Waals surface area contributed by atoms with E-state index >= 15 is 0 Å². The first kappa shape index (κ1) is 31.6. The van der Waals surface area contributed by atoms with Crippen LogP contribution in [0.15, 0.2) is 36.5 Å². The van der Waals surface area contributed by atoms with Gasteiger partial charge in [0.15, 0.2) is 29.3 Å². The van der Waals surface area contributed by atoms with E-state index in [1.807, 2.05) is 13.8 Å². The fourth-order valence-electron chi connectivity index (χ4n) is 3.83. The van der Waals surface area contributed by atoms with Crippen molar-refractivity contribution in [2.24, 2.45) is 5.92 Å². The number of methoxy groups -OCH3 is 1. The quantitative estimate of drug-likeness (QED) is 0.311. The molecule has 0 saturated carbocycles. The number of esters is 2. The number of halogens is 1. The number of hydrogen-bond acceptors (Lipinski definition) is 11. The summed E-state index contributed by atoms with van der Waals surface area (Å²) < 4.78 is 52.5. The van der Waals surface area contributed by atoms with Gasteiger partial charge in [-0.3, -0.25) is 9.59 Å². The topological polar surface area (TPSA) is 141 Å². The van der Waals surface area contributed by atoms with Crippen LogP contribution in [0.1, 0.15) is 38.2 Å². The minimum absolute atomic E-state index is 0.0261. The van der Waals surface area contributed by atoms with E-state index in [0.29, 0.717) is 12.4 Å². The number of ether oxygens (including phenoxy) is 7. The Morgan fingerprint density at radius 3 is 2.56 bits per heavy atom. The third-order valence-electron chi connectivity index (χ3n) is 5.78. The van der Waals surface area contributed by atoms with Crippen LogP contribution in [0.25, 0.3) is 0 Å². The zero-order valence-electron chi connectivity index (χ0n) is 23.6. The zero-order chi connectivity index (χ0) is 29.9. The summed E-state index contributed by atoms with van der Waals surface area (Å²) in [7, 11) is 1.36. The number of aromatic nitrogens is 1. The van der Waals surface area contributed by atoms with Gasteiger partial charge in [0.05, 0.1) is 20.3 Å². The number of carbonyl (C=O) groups excluding carboxylic acids is 3. The zero-order valence-corrected chi connectivity index (χ0v) is 23.6. The van der Waals surface area contributed by atoms with Crippen LogP contribution in [0, 0.1) is 11.7 Å². The Kier molecular flexibility index (Phi) is 11.7. The molecule has 224 valence electrons. The molecule has 41 heavy (non-hydrogen) atoms. The van der Waals surface area contributed by atoms with E-state index in [2.05, 4.69) is 10.3 Å². The Morgan fingerprint density at radius 1 is 1.17 bits per heavy atom. The van der Waals surface area contributed by atoms with E-state index in [-0.39, 0.29) is 36.3 Å². The summed E-state index contributed by atoms with van der Waals surface area (Å²) in [5, 5.41) is 2.56. The molecule has 1 aromatic carbocycles. The second kappa shape index (κ2) is 15.1. The number of pyridine rings is 1. The number of amides is 1. The lowest BCUT2D eigenvalue weighted by molar-refractivity contribution is -0.163. The maximum absolute atomic E-state index is 13.4. The lowest BCUT2D eigenvalue weighted by atomic mass is 10.1. The number of hydrogen-bond donors (Lipinski definition) is 1. The van der Waals surface area contributed by atoms with Gasteiger partial charge < -0.3 is 38.5 Å². The molecule has 0 aliphatic carbocycles. The number of rotatable bonds is 11. The molecule has 1 aliphatic rings. The number of nitrogens with one attached hydrogen (secondary N) is 1. The van der Waals surface area contributed by atoms with Gasteiger partial charge in [0.25, 0.3) is 5.91 Å². The third-order valence-corrected chi connectivity index (χ3v) is 5.78. The summed E-state index contributed by atoms with van der Waals surface area (Å²) in [4.78, 5) is 41.6. The lowest BCUT2D eigenvalue weighted by Gasteiger charge is -2.31. The molecule has 1 saturated heterocycles.